The van der Waals surface area contributed by atoms with Crippen LogP contribution in [0.1, 0.15) is 31.0 Å². The van der Waals surface area contributed by atoms with Crippen molar-refractivity contribution in [2.45, 2.75) is 19.9 Å². The maximum atomic E-state index is 13.6. The highest BCUT2D eigenvalue weighted by Crippen LogP contribution is 2.32. The first-order chi connectivity index (χ1) is 16.3. The summed E-state index contributed by atoms with van der Waals surface area (Å²) in [5.41, 5.74) is 3.42. The molecule has 8 heteroatoms. The molecule has 0 aliphatic carbocycles. The summed E-state index contributed by atoms with van der Waals surface area (Å²) in [6.07, 6.45) is 1.86. The molecule has 34 heavy (non-hydrogen) atoms. The zero-order chi connectivity index (χ0) is 24.4. The summed E-state index contributed by atoms with van der Waals surface area (Å²) in [5, 5.41) is 0. The first-order valence-corrected chi connectivity index (χ1v) is 11.8. The Morgan fingerprint density at radius 2 is 1.94 bits per heavy atom. The van der Waals surface area contributed by atoms with Gasteiger partial charge in [0.05, 0.1) is 35.6 Å². The zero-order valence-corrected chi connectivity index (χ0v) is 20.7. The number of benzene rings is 2. The van der Waals surface area contributed by atoms with Gasteiger partial charge in [-0.1, -0.05) is 35.6 Å². The molecule has 0 fully saturated rings. The van der Waals surface area contributed by atoms with Gasteiger partial charge < -0.3 is 14.4 Å². The number of hydrogen-bond acceptors (Lipinski definition) is 7. The third kappa shape index (κ3) is 4.41. The van der Waals surface area contributed by atoms with Crippen molar-refractivity contribution >= 4 is 29.1 Å². The van der Waals surface area contributed by atoms with Crippen molar-refractivity contribution in [1.82, 2.24) is 4.57 Å². The van der Waals surface area contributed by atoms with Gasteiger partial charge in [0.25, 0.3) is 5.56 Å². The minimum absolute atomic E-state index is 0.206. The standard InChI is InChI=1S/C26H27N3O4S/c1-6-33-25(31)22-16(2)27-26-29(23(22)18-8-7-9-20(15-18)32-5)24(30)21(34-26)14-17-10-12-19(13-11-17)28(3)4/h7-15,23H,6H2,1-5H3/b21-14-/t23-/m0/s1. The molecule has 176 valence electrons. The Balaban J connectivity index is 1.91. The van der Waals surface area contributed by atoms with Gasteiger partial charge in [0.15, 0.2) is 4.80 Å². The number of carbonyl (C=O) groups excluding carboxylic acids is 1. The minimum atomic E-state index is -0.663. The molecule has 0 spiro atoms. The van der Waals surface area contributed by atoms with Crippen molar-refractivity contribution in [1.29, 1.82) is 0 Å². The number of thiazole rings is 1. The molecule has 7 nitrogen and oxygen atoms in total. The number of methoxy groups -OCH3 is 1. The molecule has 3 aromatic rings. The van der Waals surface area contributed by atoms with E-state index < -0.39 is 12.0 Å². The quantitative estimate of drug-likeness (QED) is 0.511. The largest absolute Gasteiger partial charge is 0.497 e. The van der Waals surface area contributed by atoms with Crippen LogP contribution in [0.5, 0.6) is 5.75 Å². The number of aromatic nitrogens is 1. The summed E-state index contributed by atoms with van der Waals surface area (Å²) >= 11 is 1.31. The van der Waals surface area contributed by atoms with E-state index in [0.717, 1.165) is 16.8 Å². The van der Waals surface area contributed by atoms with Crippen LogP contribution in [0.15, 0.2) is 69.6 Å². The van der Waals surface area contributed by atoms with Crippen molar-refractivity contribution in [3.8, 4) is 5.75 Å². The molecule has 0 N–H and O–H groups in total. The van der Waals surface area contributed by atoms with Gasteiger partial charge in [0.1, 0.15) is 5.75 Å². The van der Waals surface area contributed by atoms with E-state index in [1.165, 1.54) is 11.3 Å². The van der Waals surface area contributed by atoms with Crippen molar-refractivity contribution in [2.24, 2.45) is 4.99 Å². The van der Waals surface area contributed by atoms with Crippen LogP contribution in [0.4, 0.5) is 5.69 Å². The lowest BCUT2D eigenvalue weighted by molar-refractivity contribution is -0.139. The van der Waals surface area contributed by atoms with Crippen molar-refractivity contribution in [3.63, 3.8) is 0 Å². The molecule has 1 aliphatic rings. The van der Waals surface area contributed by atoms with Crippen LogP contribution in [0.3, 0.4) is 0 Å². The van der Waals surface area contributed by atoms with Gasteiger partial charge in [-0.15, -0.1) is 0 Å². The van der Waals surface area contributed by atoms with Crippen LogP contribution in [0, 0.1) is 0 Å². The summed E-state index contributed by atoms with van der Waals surface area (Å²) in [7, 11) is 5.55. The fourth-order valence-corrected chi connectivity index (χ4v) is 4.99. The molecule has 1 aromatic heterocycles. The molecule has 2 aromatic carbocycles. The number of allylic oxidation sites excluding steroid dienone is 1. The van der Waals surface area contributed by atoms with Gasteiger partial charge in [-0.25, -0.2) is 9.79 Å². The molecular weight excluding hydrogens is 450 g/mol. The average molecular weight is 478 g/mol. The summed E-state index contributed by atoms with van der Waals surface area (Å²) in [5.74, 6) is 0.156. The molecule has 1 aliphatic heterocycles. The first-order valence-electron chi connectivity index (χ1n) is 10.9. The van der Waals surface area contributed by atoms with Crippen LogP contribution in [-0.4, -0.2) is 38.3 Å². The van der Waals surface area contributed by atoms with Crippen LogP contribution in [-0.2, 0) is 9.53 Å². The fourth-order valence-electron chi connectivity index (χ4n) is 3.94. The maximum Gasteiger partial charge on any atom is 0.338 e. The van der Waals surface area contributed by atoms with Gasteiger partial charge in [-0.3, -0.25) is 9.36 Å². The molecule has 1 atom stereocenters. The topological polar surface area (TPSA) is 73.1 Å². The summed E-state index contributed by atoms with van der Waals surface area (Å²) in [6.45, 7) is 3.76. The number of ether oxygens (including phenoxy) is 2. The SMILES string of the molecule is CCOC(=O)C1=C(C)N=c2s/c(=C\c3ccc(N(C)C)cc3)c(=O)n2[C@H]1c1cccc(OC)c1. The Kier molecular flexibility index (Phi) is 6.70. The number of carbonyl (C=O) groups is 1. The molecule has 0 bridgehead atoms. The predicted molar refractivity (Wildman–Crippen MR) is 134 cm³/mol. The van der Waals surface area contributed by atoms with E-state index >= 15 is 0 Å². The van der Waals surface area contributed by atoms with Crippen molar-refractivity contribution < 1.29 is 14.3 Å². The van der Waals surface area contributed by atoms with Crippen LogP contribution >= 0.6 is 11.3 Å². The number of rotatable bonds is 6. The molecule has 2 heterocycles. The summed E-state index contributed by atoms with van der Waals surface area (Å²) < 4.78 is 12.9. The van der Waals surface area contributed by atoms with Crippen LogP contribution in [0.25, 0.3) is 6.08 Å². The smallest absolute Gasteiger partial charge is 0.338 e. The van der Waals surface area contributed by atoms with Crippen molar-refractivity contribution in [3.05, 3.63) is 90.6 Å². The van der Waals surface area contributed by atoms with E-state index in [4.69, 9.17) is 9.47 Å². The predicted octanol–water partition coefficient (Wildman–Crippen LogP) is 2.87. The molecule has 0 unspecified atom stereocenters. The Labute approximate surface area is 201 Å². The lowest BCUT2D eigenvalue weighted by Crippen LogP contribution is -2.39. The molecule has 0 amide bonds. The number of hydrogen-bond donors (Lipinski definition) is 0. The normalized spacial score (nSPS) is 15.6. The van der Waals surface area contributed by atoms with Gasteiger partial charge in [0, 0.05) is 19.8 Å². The summed E-state index contributed by atoms with van der Waals surface area (Å²) in [4.78, 5) is 33.8. The fraction of sp³-hybridized carbons (Fsp3) is 0.269. The number of esters is 1. The van der Waals surface area contributed by atoms with Crippen LogP contribution < -0.4 is 24.5 Å². The molecule has 0 radical (unpaired) electrons. The Morgan fingerprint density at radius 3 is 2.59 bits per heavy atom. The highest BCUT2D eigenvalue weighted by Gasteiger charge is 2.33. The number of nitrogens with zero attached hydrogens (tertiary/aromatic N) is 3. The number of anilines is 1. The van der Waals surface area contributed by atoms with E-state index in [0.29, 0.717) is 26.4 Å². The second-order valence-corrected chi connectivity index (χ2v) is 9.07. The lowest BCUT2D eigenvalue weighted by Gasteiger charge is -2.25. The van der Waals surface area contributed by atoms with Gasteiger partial charge in [-0.2, -0.15) is 0 Å². The molecular formula is C26H27N3O4S. The second-order valence-electron chi connectivity index (χ2n) is 8.06. The van der Waals surface area contributed by atoms with Gasteiger partial charge in [-0.05, 0) is 55.3 Å². The summed E-state index contributed by atoms with van der Waals surface area (Å²) in [6, 6.07) is 14.7. The first kappa shape index (κ1) is 23.5. The lowest BCUT2D eigenvalue weighted by atomic mass is 9.95. The van der Waals surface area contributed by atoms with E-state index in [2.05, 4.69) is 4.99 Å². The Morgan fingerprint density at radius 1 is 1.21 bits per heavy atom. The molecule has 0 saturated heterocycles. The van der Waals surface area contributed by atoms with Crippen LogP contribution in [0.2, 0.25) is 0 Å². The van der Waals surface area contributed by atoms with Gasteiger partial charge in [0.2, 0.25) is 0 Å². The van der Waals surface area contributed by atoms with E-state index in [-0.39, 0.29) is 12.2 Å². The van der Waals surface area contributed by atoms with E-state index in [1.54, 1.807) is 25.5 Å². The third-order valence-corrected chi connectivity index (χ3v) is 6.62. The second kappa shape index (κ2) is 9.69. The maximum absolute atomic E-state index is 13.6. The highest BCUT2D eigenvalue weighted by atomic mass is 32.1. The van der Waals surface area contributed by atoms with E-state index in [1.807, 2.05) is 73.6 Å². The minimum Gasteiger partial charge on any atom is -0.497 e. The third-order valence-electron chi connectivity index (χ3n) is 5.63. The van der Waals surface area contributed by atoms with E-state index in [9.17, 15) is 9.59 Å². The Hall–Kier alpha value is -3.65. The monoisotopic (exact) mass is 477 g/mol. The number of fused-ring (bicyclic) bond motifs is 1. The van der Waals surface area contributed by atoms with Crippen molar-refractivity contribution in [2.75, 3.05) is 32.7 Å². The Bertz CT molecular complexity index is 1430. The zero-order valence-electron chi connectivity index (χ0n) is 19.9. The highest BCUT2D eigenvalue weighted by molar-refractivity contribution is 7.07. The molecule has 4 rings (SSSR count). The molecule has 0 saturated carbocycles. The average Bonchev–Trinajstić information content (AvgIpc) is 3.13. The van der Waals surface area contributed by atoms with Gasteiger partial charge >= 0.3 is 5.97 Å².